The number of halogens is 4. The summed E-state index contributed by atoms with van der Waals surface area (Å²) in [5.74, 6) is 0.840. The van der Waals surface area contributed by atoms with E-state index in [0.717, 1.165) is 17.7 Å². The number of carbonyl (C=O) groups is 1. The summed E-state index contributed by atoms with van der Waals surface area (Å²) in [6, 6.07) is 8.65. The van der Waals surface area contributed by atoms with Crippen LogP contribution < -0.4 is 14.8 Å². The maximum absolute atomic E-state index is 13.0. The molecule has 0 unspecified atom stereocenters. The Hall–Kier alpha value is -2.41. The Labute approximate surface area is 158 Å². The van der Waals surface area contributed by atoms with Crippen molar-refractivity contribution < 1.29 is 27.4 Å². The first-order valence-corrected chi connectivity index (χ1v) is 8.76. The van der Waals surface area contributed by atoms with Gasteiger partial charge in [0.1, 0.15) is 13.2 Å². The van der Waals surface area contributed by atoms with E-state index in [1.807, 2.05) is 0 Å². The fourth-order valence-electron chi connectivity index (χ4n) is 3.18. The number of anilines is 1. The molecule has 1 aliphatic heterocycles. The van der Waals surface area contributed by atoms with Gasteiger partial charge in [-0.25, -0.2) is 0 Å². The van der Waals surface area contributed by atoms with Crippen LogP contribution in [0.1, 0.15) is 24.0 Å². The fourth-order valence-corrected chi connectivity index (χ4v) is 3.41. The van der Waals surface area contributed by atoms with Gasteiger partial charge in [-0.2, -0.15) is 13.2 Å². The van der Waals surface area contributed by atoms with Gasteiger partial charge in [0.25, 0.3) is 0 Å². The Morgan fingerprint density at radius 2 is 1.74 bits per heavy atom. The number of benzene rings is 2. The average Bonchev–Trinajstić information content (AvgIpc) is 3.44. The van der Waals surface area contributed by atoms with E-state index in [-0.39, 0.29) is 11.6 Å². The highest BCUT2D eigenvalue weighted by atomic mass is 35.5. The number of hydrogen-bond acceptors (Lipinski definition) is 3. The molecule has 4 nitrogen and oxygen atoms in total. The zero-order valence-corrected chi connectivity index (χ0v) is 14.8. The first-order chi connectivity index (χ1) is 12.8. The van der Waals surface area contributed by atoms with Crippen molar-refractivity contribution in [3.8, 4) is 11.5 Å². The van der Waals surface area contributed by atoms with Gasteiger partial charge in [0, 0.05) is 5.69 Å². The highest BCUT2D eigenvalue weighted by Gasteiger charge is 2.51. The van der Waals surface area contributed by atoms with E-state index < -0.39 is 22.2 Å². The zero-order valence-electron chi connectivity index (χ0n) is 14.0. The van der Waals surface area contributed by atoms with Crippen LogP contribution in [0.5, 0.6) is 11.5 Å². The van der Waals surface area contributed by atoms with Crippen LogP contribution >= 0.6 is 11.6 Å². The second-order valence-electron chi connectivity index (χ2n) is 6.59. The molecule has 0 aromatic heterocycles. The summed E-state index contributed by atoms with van der Waals surface area (Å²) in [6.07, 6.45) is -3.37. The lowest BCUT2D eigenvalue weighted by molar-refractivity contribution is -0.137. The predicted octanol–water partition coefficient (Wildman–Crippen LogP) is 4.80. The SMILES string of the molecule is O=C(Nc1ccc(Cl)c(C(F)(F)F)c1)C1(c2ccc3c(c2)OCCO3)CC1. The number of alkyl halides is 3. The van der Waals surface area contributed by atoms with Gasteiger partial charge in [0.05, 0.1) is 16.0 Å². The van der Waals surface area contributed by atoms with Crippen LogP contribution in [0.3, 0.4) is 0 Å². The monoisotopic (exact) mass is 397 g/mol. The van der Waals surface area contributed by atoms with E-state index in [2.05, 4.69) is 5.32 Å². The molecule has 4 rings (SSSR count). The van der Waals surface area contributed by atoms with Crippen molar-refractivity contribution in [3.63, 3.8) is 0 Å². The molecule has 2 aromatic rings. The lowest BCUT2D eigenvalue weighted by Gasteiger charge is -2.22. The first kappa shape index (κ1) is 18.0. The summed E-state index contributed by atoms with van der Waals surface area (Å²) in [5, 5.41) is 2.18. The fraction of sp³-hybridized carbons (Fsp3) is 0.316. The first-order valence-electron chi connectivity index (χ1n) is 8.38. The molecule has 1 N–H and O–H groups in total. The Morgan fingerprint density at radius 3 is 2.41 bits per heavy atom. The largest absolute Gasteiger partial charge is 0.486 e. The normalized spacial score (nSPS) is 17.3. The van der Waals surface area contributed by atoms with E-state index in [9.17, 15) is 18.0 Å². The maximum atomic E-state index is 13.0. The molecule has 27 heavy (non-hydrogen) atoms. The van der Waals surface area contributed by atoms with Crippen LogP contribution in [0.2, 0.25) is 5.02 Å². The summed E-state index contributed by atoms with van der Waals surface area (Å²) in [6.45, 7) is 0.900. The zero-order chi connectivity index (χ0) is 19.2. The lowest BCUT2D eigenvalue weighted by atomic mass is 9.94. The number of rotatable bonds is 3. The molecule has 1 saturated carbocycles. The van der Waals surface area contributed by atoms with Gasteiger partial charge < -0.3 is 14.8 Å². The minimum absolute atomic E-state index is 0.0561. The van der Waals surface area contributed by atoms with Gasteiger partial charge in [-0.3, -0.25) is 4.79 Å². The third-order valence-corrected chi connectivity index (χ3v) is 5.14. The van der Waals surface area contributed by atoms with Gasteiger partial charge in [0.15, 0.2) is 11.5 Å². The molecule has 0 spiro atoms. The van der Waals surface area contributed by atoms with Crippen LogP contribution in [-0.2, 0) is 16.4 Å². The molecule has 2 aliphatic rings. The van der Waals surface area contributed by atoms with Gasteiger partial charge in [-0.1, -0.05) is 17.7 Å². The Bertz CT molecular complexity index is 910. The van der Waals surface area contributed by atoms with E-state index in [0.29, 0.717) is 37.6 Å². The number of ether oxygens (including phenoxy) is 2. The summed E-state index contributed by atoms with van der Waals surface area (Å²) in [5.41, 5.74) is -0.936. The lowest BCUT2D eigenvalue weighted by Crippen LogP contribution is -2.28. The summed E-state index contributed by atoms with van der Waals surface area (Å²) in [7, 11) is 0. The molecule has 1 amide bonds. The number of carbonyl (C=O) groups excluding carboxylic acids is 1. The number of fused-ring (bicyclic) bond motifs is 1. The number of nitrogens with one attached hydrogen (secondary N) is 1. The van der Waals surface area contributed by atoms with Crippen molar-refractivity contribution >= 4 is 23.2 Å². The minimum Gasteiger partial charge on any atom is -0.486 e. The molecular weight excluding hydrogens is 383 g/mol. The van der Waals surface area contributed by atoms with E-state index in [1.165, 1.54) is 6.07 Å². The summed E-state index contributed by atoms with van der Waals surface area (Å²) < 4.78 is 50.1. The third-order valence-electron chi connectivity index (χ3n) is 4.81. The molecule has 8 heteroatoms. The molecule has 0 bridgehead atoms. The molecule has 2 aromatic carbocycles. The number of hydrogen-bond donors (Lipinski definition) is 1. The average molecular weight is 398 g/mol. The Balaban J connectivity index is 1.58. The van der Waals surface area contributed by atoms with E-state index >= 15 is 0 Å². The van der Waals surface area contributed by atoms with Gasteiger partial charge in [0.2, 0.25) is 5.91 Å². The quantitative estimate of drug-likeness (QED) is 0.809. The van der Waals surface area contributed by atoms with Crippen molar-refractivity contribution in [1.82, 2.24) is 0 Å². The van der Waals surface area contributed by atoms with Gasteiger partial charge >= 0.3 is 6.18 Å². The maximum Gasteiger partial charge on any atom is 0.417 e. The van der Waals surface area contributed by atoms with Crippen LogP contribution in [-0.4, -0.2) is 19.1 Å². The number of amides is 1. The smallest absolute Gasteiger partial charge is 0.417 e. The highest BCUT2D eigenvalue weighted by molar-refractivity contribution is 6.31. The van der Waals surface area contributed by atoms with Crippen LogP contribution in [0.25, 0.3) is 0 Å². The van der Waals surface area contributed by atoms with E-state index in [1.54, 1.807) is 18.2 Å². The predicted molar refractivity (Wildman–Crippen MR) is 93.4 cm³/mol. The van der Waals surface area contributed by atoms with Crippen molar-refractivity contribution in [2.45, 2.75) is 24.4 Å². The highest BCUT2D eigenvalue weighted by Crippen LogP contribution is 2.51. The molecule has 142 valence electrons. The van der Waals surface area contributed by atoms with Crippen molar-refractivity contribution in [3.05, 3.63) is 52.5 Å². The molecule has 1 fully saturated rings. The standard InChI is InChI=1S/C19H15ClF3NO3/c20-14-3-2-12(10-13(14)19(21,22)23)24-17(25)18(5-6-18)11-1-4-15-16(9-11)27-8-7-26-15/h1-4,9-10H,5-8H2,(H,24,25). The molecule has 0 atom stereocenters. The second kappa shape index (κ2) is 6.34. The van der Waals surface area contributed by atoms with Gasteiger partial charge in [-0.05, 0) is 48.7 Å². The van der Waals surface area contributed by atoms with Crippen LogP contribution in [0, 0.1) is 0 Å². The Kier molecular flexibility index (Phi) is 4.22. The van der Waals surface area contributed by atoms with Crippen LogP contribution in [0.4, 0.5) is 18.9 Å². The topological polar surface area (TPSA) is 47.6 Å². The summed E-state index contributed by atoms with van der Waals surface area (Å²) >= 11 is 5.62. The summed E-state index contributed by atoms with van der Waals surface area (Å²) in [4.78, 5) is 12.8. The molecule has 1 aliphatic carbocycles. The van der Waals surface area contributed by atoms with Crippen LogP contribution in [0.15, 0.2) is 36.4 Å². The second-order valence-corrected chi connectivity index (χ2v) is 6.99. The molecule has 0 radical (unpaired) electrons. The molecule has 1 heterocycles. The van der Waals surface area contributed by atoms with Gasteiger partial charge in [-0.15, -0.1) is 0 Å². The minimum atomic E-state index is -4.59. The van der Waals surface area contributed by atoms with Crippen molar-refractivity contribution in [2.24, 2.45) is 0 Å². The molecular formula is C19H15ClF3NO3. The van der Waals surface area contributed by atoms with Crippen molar-refractivity contribution in [1.29, 1.82) is 0 Å². The Morgan fingerprint density at radius 1 is 1.04 bits per heavy atom. The van der Waals surface area contributed by atoms with Crippen molar-refractivity contribution in [2.75, 3.05) is 18.5 Å². The van der Waals surface area contributed by atoms with E-state index in [4.69, 9.17) is 21.1 Å². The molecule has 0 saturated heterocycles. The third kappa shape index (κ3) is 3.32.